The molecule has 0 aliphatic carbocycles. The van der Waals surface area contributed by atoms with Crippen molar-refractivity contribution in [1.82, 2.24) is 9.88 Å². The minimum absolute atomic E-state index is 0.124. The van der Waals surface area contributed by atoms with Crippen molar-refractivity contribution in [3.8, 4) is 22.8 Å². The van der Waals surface area contributed by atoms with E-state index >= 15 is 0 Å². The maximum absolute atomic E-state index is 12.6. The van der Waals surface area contributed by atoms with E-state index in [4.69, 9.17) is 18.9 Å². The summed E-state index contributed by atoms with van der Waals surface area (Å²) < 4.78 is 23.0. The number of nitrogens with one attached hydrogen (secondary N) is 2. The molecule has 0 saturated carbocycles. The monoisotopic (exact) mass is 532 g/mol. The minimum Gasteiger partial charge on any atom is -0.456 e. The molecule has 0 amide bonds. The van der Waals surface area contributed by atoms with Gasteiger partial charge in [0.05, 0.1) is 44.8 Å². The van der Waals surface area contributed by atoms with E-state index in [0.717, 1.165) is 97.6 Å². The van der Waals surface area contributed by atoms with Crippen molar-refractivity contribution in [3.05, 3.63) is 70.0 Å². The van der Waals surface area contributed by atoms with Crippen LogP contribution in [0.25, 0.3) is 11.3 Å². The standard InChI is InChI=1S/C30H36N4O5/c1-36-20-24(19-33-7-11-37-12-8-33)31-23-5-6-28-22(16-23)15-21-3-2-4-26(30(21)39-28)27-17-25(18-29(35)32-27)34-9-13-38-14-10-34/h2-6,16-18,24,31H,7-15,19-20H2,1H3,(H,32,35). The number of para-hydroxylation sites is 1. The van der Waals surface area contributed by atoms with Crippen molar-refractivity contribution in [1.29, 1.82) is 0 Å². The number of ether oxygens (including phenoxy) is 4. The van der Waals surface area contributed by atoms with Crippen LogP contribution in [0, 0.1) is 0 Å². The van der Waals surface area contributed by atoms with E-state index in [9.17, 15) is 4.79 Å². The van der Waals surface area contributed by atoms with E-state index in [0.29, 0.717) is 19.8 Å². The van der Waals surface area contributed by atoms with Crippen LogP contribution in [0.5, 0.6) is 11.5 Å². The van der Waals surface area contributed by atoms with Crippen molar-refractivity contribution in [2.45, 2.75) is 12.5 Å². The van der Waals surface area contributed by atoms with E-state index in [1.807, 2.05) is 24.3 Å². The van der Waals surface area contributed by atoms with Gasteiger partial charge in [0.15, 0.2) is 0 Å². The van der Waals surface area contributed by atoms with Crippen LogP contribution in [0.2, 0.25) is 0 Å². The van der Waals surface area contributed by atoms with Gasteiger partial charge in [0.25, 0.3) is 0 Å². The molecule has 206 valence electrons. The first-order chi connectivity index (χ1) is 19.2. The second kappa shape index (κ2) is 11.8. The first-order valence-electron chi connectivity index (χ1n) is 13.7. The first kappa shape index (κ1) is 25.9. The highest BCUT2D eigenvalue weighted by atomic mass is 16.5. The third-order valence-electron chi connectivity index (χ3n) is 7.57. The lowest BCUT2D eigenvalue weighted by molar-refractivity contribution is 0.0319. The minimum atomic E-state index is -0.124. The van der Waals surface area contributed by atoms with Crippen molar-refractivity contribution in [2.75, 3.05) is 83.1 Å². The Morgan fingerprint density at radius 2 is 1.77 bits per heavy atom. The molecule has 9 nitrogen and oxygen atoms in total. The summed E-state index contributed by atoms with van der Waals surface area (Å²) in [5.41, 5.74) is 5.70. The summed E-state index contributed by atoms with van der Waals surface area (Å²) in [5, 5.41) is 3.67. The number of fused-ring (bicyclic) bond motifs is 2. The van der Waals surface area contributed by atoms with Crippen LogP contribution in [0.15, 0.2) is 53.3 Å². The fourth-order valence-corrected chi connectivity index (χ4v) is 5.63. The fraction of sp³-hybridized carbons (Fsp3) is 0.433. The molecule has 39 heavy (non-hydrogen) atoms. The number of H-pyrrole nitrogens is 1. The predicted octanol–water partition coefficient (Wildman–Crippen LogP) is 3.33. The second-order valence-electron chi connectivity index (χ2n) is 10.3. The van der Waals surface area contributed by atoms with Crippen LogP contribution in [0.4, 0.5) is 11.4 Å². The molecule has 3 aromatic rings. The SMILES string of the molecule is COCC(CN1CCOCC1)Nc1ccc2c(c1)Cc1cccc(-c3cc(N4CCOCC4)cc(=O)[nH]3)c1O2. The number of anilines is 2. The van der Waals surface area contributed by atoms with Crippen LogP contribution in [0.1, 0.15) is 11.1 Å². The molecule has 0 radical (unpaired) electrons. The molecular formula is C30H36N4O5. The van der Waals surface area contributed by atoms with Gasteiger partial charge >= 0.3 is 0 Å². The molecule has 1 aromatic heterocycles. The Morgan fingerprint density at radius 3 is 2.56 bits per heavy atom. The highest BCUT2D eigenvalue weighted by Gasteiger charge is 2.23. The van der Waals surface area contributed by atoms with Crippen molar-refractivity contribution < 1.29 is 18.9 Å². The van der Waals surface area contributed by atoms with Crippen LogP contribution in [-0.2, 0) is 20.6 Å². The Kier molecular flexibility index (Phi) is 7.83. The summed E-state index contributed by atoms with van der Waals surface area (Å²) in [5.74, 6) is 1.63. The van der Waals surface area contributed by atoms with Crippen molar-refractivity contribution in [2.24, 2.45) is 0 Å². The van der Waals surface area contributed by atoms with Crippen molar-refractivity contribution >= 4 is 11.4 Å². The molecule has 4 heterocycles. The fourth-order valence-electron chi connectivity index (χ4n) is 5.63. The Bertz CT molecular complexity index is 1350. The highest BCUT2D eigenvalue weighted by molar-refractivity contribution is 5.74. The normalized spacial score (nSPS) is 18.1. The van der Waals surface area contributed by atoms with Gasteiger partial charge in [-0.05, 0) is 35.9 Å². The zero-order valence-electron chi connectivity index (χ0n) is 22.4. The average Bonchev–Trinajstić information content (AvgIpc) is 2.96. The maximum Gasteiger partial charge on any atom is 0.250 e. The number of nitrogens with zero attached hydrogens (tertiary/aromatic N) is 2. The summed E-state index contributed by atoms with van der Waals surface area (Å²) in [6.07, 6.45) is 0.750. The lowest BCUT2D eigenvalue weighted by Gasteiger charge is -2.31. The number of rotatable bonds is 8. The van der Waals surface area contributed by atoms with E-state index in [1.165, 1.54) is 0 Å². The molecule has 2 saturated heterocycles. The van der Waals surface area contributed by atoms with Gasteiger partial charge in [0.1, 0.15) is 11.5 Å². The molecule has 0 bridgehead atoms. The Morgan fingerprint density at radius 1 is 0.974 bits per heavy atom. The van der Waals surface area contributed by atoms with Crippen LogP contribution >= 0.6 is 0 Å². The summed E-state index contributed by atoms with van der Waals surface area (Å²) in [4.78, 5) is 20.2. The van der Waals surface area contributed by atoms with Crippen LogP contribution in [-0.4, -0.2) is 88.8 Å². The van der Waals surface area contributed by atoms with Gasteiger partial charge in [0, 0.05) is 74.8 Å². The zero-order chi connectivity index (χ0) is 26.6. The van der Waals surface area contributed by atoms with Gasteiger partial charge in [-0.25, -0.2) is 0 Å². The van der Waals surface area contributed by atoms with Gasteiger partial charge in [-0.3, -0.25) is 9.69 Å². The number of aromatic nitrogens is 1. The number of hydrogen-bond donors (Lipinski definition) is 2. The highest BCUT2D eigenvalue weighted by Crippen LogP contribution is 2.43. The van der Waals surface area contributed by atoms with E-state index < -0.39 is 0 Å². The van der Waals surface area contributed by atoms with Crippen LogP contribution < -0.4 is 20.5 Å². The third kappa shape index (κ3) is 5.96. The number of methoxy groups -OCH3 is 1. The number of benzene rings is 2. The number of pyridine rings is 1. The molecular weight excluding hydrogens is 496 g/mol. The van der Waals surface area contributed by atoms with Gasteiger partial charge in [-0.1, -0.05) is 12.1 Å². The summed E-state index contributed by atoms with van der Waals surface area (Å²) in [6, 6.07) is 16.3. The van der Waals surface area contributed by atoms with Crippen molar-refractivity contribution in [3.63, 3.8) is 0 Å². The van der Waals surface area contributed by atoms with E-state index in [-0.39, 0.29) is 11.6 Å². The molecule has 1 atom stereocenters. The summed E-state index contributed by atoms with van der Waals surface area (Å²) in [7, 11) is 1.74. The van der Waals surface area contributed by atoms with Gasteiger partial charge < -0.3 is 34.1 Å². The van der Waals surface area contributed by atoms with Crippen LogP contribution in [0.3, 0.4) is 0 Å². The predicted molar refractivity (Wildman–Crippen MR) is 151 cm³/mol. The Hall–Kier alpha value is -3.37. The van der Waals surface area contributed by atoms with Gasteiger partial charge in [-0.15, -0.1) is 0 Å². The number of hydrogen-bond acceptors (Lipinski definition) is 8. The molecule has 9 heteroatoms. The zero-order valence-corrected chi connectivity index (χ0v) is 22.4. The molecule has 2 aromatic carbocycles. The Balaban J connectivity index is 1.22. The average molecular weight is 533 g/mol. The third-order valence-corrected chi connectivity index (χ3v) is 7.57. The maximum atomic E-state index is 12.6. The van der Waals surface area contributed by atoms with E-state index in [1.54, 1.807) is 13.2 Å². The largest absolute Gasteiger partial charge is 0.456 e. The summed E-state index contributed by atoms with van der Waals surface area (Å²) >= 11 is 0. The molecule has 3 aliphatic rings. The molecule has 6 rings (SSSR count). The summed E-state index contributed by atoms with van der Waals surface area (Å²) in [6.45, 7) is 7.85. The molecule has 2 fully saturated rings. The lowest BCUT2D eigenvalue weighted by Crippen LogP contribution is -2.44. The number of morpholine rings is 2. The smallest absolute Gasteiger partial charge is 0.250 e. The number of aromatic amines is 1. The van der Waals surface area contributed by atoms with Gasteiger partial charge in [0.2, 0.25) is 5.56 Å². The van der Waals surface area contributed by atoms with E-state index in [2.05, 4.69) is 38.3 Å². The Labute approximate surface area is 228 Å². The second-order valence-corrected chi connectivity index (χ2v) is 10.3. The molecule has 0 spiro atoms. The molecule has 2 N–H and O–H groups in total. The molecule has 1 unspecified atom stereocenters. The van der Waals surface area contributed by atoms with Gasteiger partial charge in [-0.2, -0.15) is 0 Å². The lowest BCUT2D eigenvalue weighted by atomic mass is 9.96. The molecule has 3 aliphatic heterocycles. The quantitative estimate of drug-likeness (QED) is 0.357. The first-order valence-corrected chi connectivity index (χ1v) is 13.7. The topological polar surface area (TPSA) is 88.3 Å².